The predicted octanol–water partition coefficient (Wildman–Crippen LogP) is 2.82. The van der Waals surface area contributed by atoms with Crippen molar-refractivity contribution < 1.29 is 4.52 Å². The van der Waals surface area contributed by atoms with Gasteiger partial charge in [-0.2, -0.15) is 4.98 Å². The fourth-order valence-corrected chi connectivity index (χ4v) is 2.36. The van der Waals surface area contributed by atoms with Gasteiger partial charge >= 0.3 is 0 Å². The van der Waals surface area contributed by atoms with Crippen molar-refractivity contribution in [3.63, 3.8) is 0 Å². The van der Waals surface area contributed by atoms with E-state index in [-0.39, 0.29) is 0 Å². The highest BCUT2D eigenvalue weighted by atomic mass is 35.5. The number of aromatic nitrogens is 4. The summed E-state index contributed by atoms with van der Waals surface area (Å²) in [5.41, 5.74) is 3.14. The molecular weight excluding hydrogens is 264 g/mol. The monoisotopic (exact) mass is 276 g/mol. The average Bonchev–Trinajstić information content (AvgIpc) is 2.96. The zero-order chi connectivity index (χ0) is 13.4. The normalized spacial score (nSPS) is 11.3. The second-order valence-electron chi connectivity index (χ2n) is 4.42. The molecule has 2 heterocycles. The number of benzene rings is 1. The summed E-state index contributed by atoms with van der Waals surface area (Å²) in [4.78, 5) is 8.80. The first-order valence-electron chi connectivity index (χ1n) is 5.99. The third-order valence-electron chi connectivity index (χ3n) is 3.05. The van der Waals surface area contributed by atoms with Crippen LogP contribution in [-0.2, 0) is 12.4 Å². The van der Waals surface area contributed by atoms with Crippen molar-refractivity contribution in [3.8, 4) is 0 Å². The van der Waals surface area contributed by atoms with Crippen molar-refractivity contribution in [3.05, 3.63) is 41.3 Å². The molecule has 0 aliphatic rings. The second kappa shape index (κ2) is 4.66. The molecule has 6 heteroatoms. The molecule has 3 aromatic rings. The Labute approximate surface area is 115 Å². The molecule has 0 N–H and O–H groups in total. The van der Waals surface area contributed by atoms with Crippen LogP contribution in [0.3, 0.4) is 0 Å². The Morgan fingerprint density at radius 2 is 2.11 bits per heavy atom. The van der Waals surface area contributed by atoms with Crippen molar-refractivity contribution in [2.24, 2.45) is 0 Å². The second-order valence-corrected chi connectivity index (χ2v) is 4.69. The maximum absolute atomic E-state index is 5.98. The Morgan fingerprint density at radius 1 is 1.26 bits per heavy atom. The molecule has 3 rings (SSSR count). The predicted molar refractivity (Wildman–Crippen MR) is 72.2 cm³/mol. The fraction of sp³-hybridized carbons (Fsp3) is 0.308. The van der Waals surface area contributed by atoms with Gasteiger partial charge in [0, 0.05) is 6.92 Å². The molecule has 0 amide bonds. The van der Waals surface area contributed by atoms with Crippen LogP contribution in [0.4, 0.5) is 0 Å². The molecule has 0 radical (unpaired) electrons. The number of nitrogens with zero attached hydrogens (tertiary/aromatic N) is 4. The van der Waals surface area contributed by atoms with Crippen LogP contribution in [0.1, 0.15) is 23.1 Å². The number of alkyl halides is 1. The summed E-state index contributed by atoms with van der Waals surface area (Å²) in [5, 5.41) is 3.92. The van der Waals surface area contributed by atoms with Crippen molar-refractivity contribution >= 4 is 22.6 Å². The molecule has 0 fully saturated rings. The molecule has 0 aliphatic heterocycles. The number of hydrogen-bond donors (Lipinski definition) is 0. The summed E-state index contributed by atoms with van der Waals surface area (Å²) in [6.45, 7) is 4.32. The first kappa shape index (κ1) is 12.2. The topological polar surface area (TPSA) is 56.7 Å². The standard InChI is InChI=1S/C13H13ClN4O/c1-8-4-3-5-10-13(8)16-12(6-14)18(10)7-11-15-9(2)19-17-11/h3-5H,6-7H2,1-2H3. The van der Waals surface area contributed by atoms with E-state index in [9.17, 15) is 0 Å². The number of imidazole rings is 1. The molecule has 0 unspecified atom stereocenters. The molecule has 0 spiro atoms. The average molecular weight is 277 g/mol. The molecule has 0 atom stereocenters. The van der Waals surface area contributed by atoms with E-state index in [1.54, 1.807) is 6.92 Å². The van der Waals surface area contributed by atoms with Crippen LogP contribution >= 0.6 is 11.6 Å². The van der Waals surface area contributed by atoms with Gasteiger partial charge in [-0.3, -0.25) is 0 Å². The third-order valence-corrected chi connectivity index (χ3v) is 3.29. The van der Waals surface area contributed by atoms with Crippen molar-refractivity contribution in [2.75, 3.05) is 0 Å². The summed E-state index contributed by atoms with van der Waals surface area (Å²) in [6, 6.07) is 6.07. The number of para-hydroxylation sites is 1. The van der Waals surface area contributed by atoms with Gasteiger partial charge in [-0.15, -0.1) is 11.6 Å². The van der Waals surface area contributed by atoms with Gasteiger partial charge in [0.1, 0.15) is 5.82 Å². The van der Waals surface area contributed by atoms with E-state index >= 15 is 0 Å². The Morgan fingerprint density at radius 3 is 2.79 bits per heavy atom. The van der Waals surface area contributed by atoms with Gasteiger partial charge in [-0.25, -0.2) is 4.98 Å². The maximum atomic E-state index is 5.98. The highest BCUT2D eigenvalue weighted by Crippen LogP contribution is 2.21. The zero-order valence-corrected chi connectivity index (χ0v) is 11.5. The molecule has 19 heavy (non-hydrogen) atoms. The van der Waals surface area contributed by atoms with Crippen LogP contribution in [0.2, 0.25) is 0 Å². The van der Waals surface area contributed by atoms with E-state index in [2.05, 4.69) is 15.1 Å². The first-order valence-corrected chi connectivity index (χ1v) is 6.52. The molecule has 1 aromatic carbocycles. The smallest absolute Gasteiger partial charge is 0.223 e. The highest BCUT2D eigenvalue weighted by Gasteiger charge is 2.13. The number of aryl methyl sites for hydroxylation is 2. The van der Waals surface area contributed by atoms with Crippen molar-refractivity contribution in [1.82, 2.24) is 19.7 Å². The van der Waals surface area contributed by atoms with Crippen LogP contribution in [0.5, 0.6) is 0 Å². The Balaban J connectivity index is 2.13. The van der Waals surface area contributed by atoms with Crippen LogP contribution in [0, 0.1) is 13.8 Å². The van der Waals surface area contributed by atoms with Crippen LogP contribution in [0.25, 0.3) is 11.0 Å². The van der Waals surface area contributed by atoms with E-state index in [0.29, 0.717) is 24.1 Å². The summed E-state index contributed by atoms with van der Waals surface area (Å²) in [7, 11) is 0. The molecule has 5 nitrogen and oxygen atoms in total. The zero-order valence-electron chi connectivity index (χ0n) is 10.7. The summed E-state index contributed by atoms with van der Waals surface area (Å²) in [6.07, 6.45) is 0. The lowest BCUT2D eigenvalue weighted by molar-refractivity contribution is 0.386. The van der Waals surface area contributed by atoms with Gasteiger partial charge in [0.15, 0.2) is 5.82 Å². The van der Waals surface area contributed by atoms with E-state index in [0.717, 1.165) is 22.4 Å². The first-order chi connectivity index (χ1) is 9.19. The minimum Gasteiger partial charge on any atom is -0.340 e. The lowest BCUT2D eigenvalue weighted by Crippen LogP contribution is -2.05. The van der Waals surface area contributed by atoms with Gasteiger partial charge in [0.25, 0.3) is 0 Å². The van der Waals surface area contributed by atoms with Gasteiger partial charge in [0.05, 0.1) is 23.5 Å². The van der Waals surface area contributed by atoms with Crippen LogP contribution in [-0.4, -0.2) is 19.7 Å². The van der Waals surface area contributed by atoms with Crippen molar-refractivity contribution in [1.29, 1.82) is 0 Å². The molecule has 0 saturated carbocycles. The summed E-state index contributed by atoms with van der Waals surface area (Å²) >= 11 is 5.98. The van der Waals surface area contributed by atoms with Crippen LogP contribution < -0.4 is 0 Å². The largest absolute Gasteiger partial charge is 0.340 e. The van der Waals surface area contributed by atoms with E-state index < -0.39 is 0 Å². The minimum absolute atomic E-state index is 0.352. The van der Waals surface area contributed by atoms with E-state index in [4.69, 9.17) is 16.1 Å². The van der Waals surface area contributed by atoms with E-state index in [1.807, 2.05) is 29.7 Å². The fourth-order valence-electron chi connectivity index (χ4n) is 2.16. The quantitative estimate of drug-likeness (QED) is 0.690. The SMILES string of the molecule is Cc1nc(Cn2c(CCl)nc3c(C)cccc32)no1. The highest BCUT2D eigenvalue weighted by molar-refractivity contribution is 6.16. The Bertz CT molecular complexity index is 731. The number of halogens is 1. The Kier molecular flexibility index (Phi) is 2.98. The number of rotatable bonds is 3. The Hall–Kier alpha value is -1.88. The number of fused-ring (bicyclic) bond motifs is 1. The molecular formula is C13H13ClN4O. The van der Waals surface area contributed by atoms with Crippen LogP contribution in [0.15, 0.2) is 22.7 Å². The maximum Gasteiger partial charge on any atom is 0.223 e. The van der Waals surface area contributed by atoms with Gasteiger partial charge in [-0.05, 0) is 18.6 Å². The van der Waals surface area contributed by atoms with E-state index in [1.165, 1.54) is 0 Å². The summed E-state index contributed by atoms with van der Waals surface area (Å²) in [5.74, 6) is 2.35. The lowest BCUT2D eigenvalue weighted by Gasteiger charge is -2.04. The summed E-state index contributed by atoms with van der Waals surface area (Å²) < 4.78 is 7.02. The van der Waals surface area contributed by atoms with Gasteiger partial charge in [-0.1, -0.05) is 17.3 Å². The molecule has 0 saturated heterocycles. The molecule has 0 bridgehead atoms. The molecule has 2 aromatic heterocycles. The third kappa shape index (κ3) is 2.10. The van der Waals surface area contributed by atoms with Gasteiger partial charge in [0.2, 0.25) is 5.89 Å². The lowest BCUT2D eigenvalue weighted by atomic mass is 10.2. The minimum atomic E-state index is 0.352. The molecule has 98 valence electrons. The molecule has 0 aliphatic carbocycles. The van der Waals surface area contributed by atoms with Gasteiger partial charge < -0.3 is 9.09 Å². The van der Waals surface area contributed by atoms with Crippen molar-refractivity contribution in [2.45, 2.75) is 26.3 Å². The number of hydrogen-bond acceptors (Lipinski definition) is 4.